The highest BCUT2D eigenvalue weighted by atomic mass is 16.5. The molecule has 0 bridgehead atoms. The highest BCUT2D eigenvalue weighted by molar-refractivity contribution is 5.69. The van der Waals surface area contributed by atoms with Crippen molar-refractivity contribution in [3.8, 4) is 0 Å². The van der Waals surface area contributed by atoms with Gasteiger partial charge in [-0.05, 0) is 18.3 Å². The van der Waals surface area contributed by atoms with Crippen molar-refractivity contribution in [1.29, 1.82) is 0 Å². The zero-order chi connectivity index (χ0) is 18.8. The van der Waals surface area contributed by atoms with Crippen LogP contribution in [0.5, 0.6) is 0 Å². The van der Waals surface area contributed by atoms with Gasteiger partial charge >= 0.3 is 5.97 Å². The number of methoxy groups -OCH3 is 1. The monoisotopic (exact) mass is 371 g/mol. The van der Waals surface area contributed by atoms with Crippen LogP contribution in [-0.4, -0.2) is 13.1 Å². The van der Waals surface area contributed by atoms with E-state index in [9.17, 15) is 4.79 Å². The molecule has 0 radical (unpaired) electrons. The zero-order valence-corrected chi connectivity index (χ0v) is 18.5. The van der Waals surface area contributed by atoms with Crippen LogP contribution < -0.4 is 6.15 Å². The van der Waals surface area contributed by atoms with Gasteiger partial charge in [-0.25, -0.2) is 0 Å². The molecule has 3 N–H and O–H groups in total. The van der Waals surface area contributed by atoms with Gasteiger partial charge in [0.1, 0.15) is 0 Å². The van der Waals surface area contributed by atoms with E-state index in [2.05, 4.69) is 20.8 Å². The van der Waals surface area contributed by atoms with Crippen molar-refractivity contribution in [2.45, 2.75) is 130 Å². The lowest BCUT2D eigenvalue weighted by Gasteiger charge is -2.23. The summed E-state index contributed by atoms with van der Waals surface area (Å²) in [5.41, 5.74) is 0.269. The van der Waals surface area contributed by atoms with E-state index in [4.69, 9.17) is 4.74 Å². The van der Waals surface area contributed by atoms with Crippen LogP contribution >= 0.6 is 0 Å². The van der Waals surface area contributed by atoms with Crippen molar-refractivity contribution in [2.75, 3.05) is 7.11 Å². The first-order valence-corrected chi connectivity index (χ1v) is 11.1. The molecule has 0 aromatic carbocycles. The van der Waals surface area contributed by atoms with E-state index in [-0.39, 0.29) is 17.5 Å². The first kappa shape index (κ1) is 27.6. The molecule has 0 amide bonds. The Bertz CT molecular complexity index is 303. The summed E-state index contributed by atoms with van der Waals surface area (Å²) in [7, 11) is 1.48. The van der Waals surface area contributed by atoms with Crippen molar-refractivity contribution in [1.82, 2.24) is 6.15 Å². The fraction of sp³-hybridized carbons (Fsp3) is 0.957. The van der Waals surface area contributed by atoms with Gasteiger partial charge in [-0.3, -0.25) is 4.79 Å². The van der Waals surface area contributed by atoms with Gasteiger partial charge in [0.15, 0.2) is 0 Å². The number of esters is 1. The smallest absolute Gasteiger partial charge is 0.305 e. The summed E-state index contributed by atoms with van der Waals surface area (Å²) in [6.07, 6.45) is 22.4. The summed E-state index contributed by atoms with van der Waals surface area (Å²) < 4.78 is 4.73. The number of hydrogen-bond acceptors (Lipinski definition) is 3. The first-order valence-electron chi connectivity index (χ1n) is 11.1. The molecular weight excluding hydrogens is 322 g/mol. The molecule has 26 heavy (non-hydrogen) atoms. The Morgan fingerprint density at radius 1 is 0.692 bits per heavy atom. The molecule has 0 fully saturated rings. The molecule has 0 aliphatic carbocycles. The van der Waals surface area contributed by atoms with Crippen molar-refractivity contribution < 1.29 is 9.53 Å². The van der Waals surface area contributed by atoms with Crippen molar-refractivity contribution in [3.63, 3.8) is 0 Å². The van der Waals surface area contributed by atoms with Crippen LogP contribution in [0.25, 0.3) is 0 Å². The van der Waals surface area contributed by atoms with Crippen LogP contribution in [-0.2, 0) is 9.53 Å². The summed E-state index contributed by atoms with van der Waals surface area (Å²) in [6, 6.07) is 0. The van der Waals surface area contributed by atoms with Gasteiger partial charge in [-0.2, -0.15) is 0 Å². The number of hydrogen-bond donors (Lipinski definition) is 1. The second-order valence-corrected chi connectivity index (χ2v) is 8.59. The van der Waals surface area contributed by atoms with E-state index < -0.39 is 0 Å². The highest BCUT2D eigenvalue weighted by Gasteiger charge is 2.18. The van der Waals surface area contributed by atoms with Gasteiger partial charge in [0.25, 0.3) is 0 Å². The average Bonchev–Trinajstić information content (AvgIpc) is 2.60. The minimum absolute atomic E-state index is 0. The summed E-state index contributed by atoms with van der Waals surface area (Å²) >= 11 is 0. The van der Waals surface area contributed by atoms with Crippen LogP contribution in [0.15, 0.2) is 0 Å². The maximum absolute atomic E-state index is 11.2. The summed E-state index contributed by atoms with van der Waals surface area (Å²) in [6.45, 7) is 6.84. The van der Waals surface area contributed by atoms with Crippen molar-refractivity contribution in [3.05, 3.63) is 0 Å². The lowest BCUT2D eigenvalue weighted by Crippen LogP contribution is -2.14. The van der Waals surface area contributed by atoms with Gasteiger partial charge in [0.2, 0.25) is 0 Å². The molecule has 0 heterocycles. The summed E-state index contributed by atoms with van der Waals surface area (Å²) in [4.78, 5) is 11.2. The average molecular weight is 372 g/mol. The standard InChI is InChI=1S/C23H46O2.H3N/c1-5-6-7-8-9-10-11-12-13-14-15-16-17-18-20-23(2,3)21-19-22(24)25-4;/h5-21H2,1-4H3;1H3. The van der Waals surface area contributed by atoms with Gasteiger partial charge in [0.05, 0.1) is 7.11 Å². The minimum Gasteiger partial charge on any atom is -0.469 e. The van der Waals surface area contributed by atoms with Crippen LogP contribution in [0.4, 0.5) is 0 Å². The van der Waals surface area contributed by atoms with E-state index in [0.717, 1.165) is 6.42 Å². The fourth-order valence-corrected chi connectivity index (χ4v) is 3.47. The number of unbranched alkanes of at least 4 members (excludes halogenated alkanes) is 13. The maximum atomic E-state index is 11.2. The Kier molecular flexibility index (Phi) is 20.4. The van der Waals surface area contributed by atoms with E-state index in [1.54, 1.807) is 0 Å². The molecule has 158 valence electrons. The largest absolute Gasteiger partial charge is 0.469 e. The first-order chi connectivity index (χ1) is 12.0. The predicted octanol–water partition coefficient (Wildman–Crippen LogP) is 8.00. The molecule has 0 saturated heterocycles. The topological polar surface area (TPSA) is 61.3 Å². The van der Waals surface area contributed by atoms with Crippen molar-refractivity contribution in [2.24, 2.45) is 5.41 Å². The normalized spacial score (nSPS) is 11.2. The maximum Gasteiger partial charge on any atom is 0.305 e. The Labute approximate surface area is 164 Å². The second kappa shape index (κ2) is 19.2. The van der Waals surface area contributed by atoms with E-state index in [1.165, 1.54) is 103 Å². The lowest BCUT2D eigenvalue weighted by molar-refractivity contribution is -0.141. The van der Waals surface area contributed by atoms with Gasteiger partial charge in [-0.1, -0.05) is 111 Å². The van der Waals surface area contributed by atoms with E-state index in [1.807, 2.05) is 0 Å². The molecule has 3 heteroatoms. The molecule has 0 unspecified atom stereocenters. The second-order valence-electron chi connectivity index (χ2n) is 8.59. The molecule has 0 saturated carbocycles. The Morgan fingerprint density at radius 2 is 1.08 bits per heavy atom. The molecule has 0 aromatic heterocycles. The van der Waals surface area contributed by atoms with Gasteiger partial charge in [0, 0.05) is 6.42 Å². The van der Waals surface area contributed by atoms with Gasteiger partial charge < -0.3 is 10.9 Å². The molecule has 3 nitrogen and oxygen atoms in total. The molecule has 0 rings (SSSR count). The van der Waals surface area contributed by atoms with Crippen LogP contribution in [0.1, 0.15) is 130 Å². The quantitative estimate of drug-likeness (QED) is 0.196. The predicted molar refractivity (Wildman–Crippen MR) is 115 cm³/mol. The number of carbonyl (C=O) groups is 1. The van der Waals surface area contributed by atoms with E-state index >= 15 is 0 Å². The van der Waals surface area contributed by atoms with Crippen LogP contribution in [0, 0.1) is 5.41 Å². The number of carbonyl (C=O) groups excluding carboxylic acids is 1. The summed E-state index contributed by atoms with van der Waals surface area (Å²) in [5, 5.41) is 0. The Morgan fingerprint density at radius 3 is 1.46 bits per heavy atom. The minimum atomic E-state index is -0.0750. The highest BCUT2D eigenvalue weighted by Crippen LogP contribution is 2.29. The molecule has 0 atom stereocenters. The molecule has 0 aliphatic rings. The van der Waals surface area contributed by atoms with Crippen molar-refractivity contribution >= 4 is 5.97 Å². The van der Waals surface area contributed by atoms with Crippen LogP contribution in [0.2, 0.25) is 0 Å². The fourth-order valence-electron chi connectivity index (χ4n) is 3.47. The number of rotatable bonds is 18. The van der Waals surface area contributed by atoms with E-state index in [0.29, 0.717) is 6.42 Å². The number of ether oxygens (including phenoxy) is 1. The molecular formula is C23H49NO2. The third-order valence-electron chi connectivity index (χ3n) is 5.44. The molecule has 0 aromatic rings. The molecule has 0 spiro atoms. The zero-order valence-electron chi connectivity index (χ0n) is 18.5. The lowest BCUT2D eigenvalue weighted by atomic mass is 9.82. The third-order valence-corrected chi connectivity index (χ3v) is 5.44. The summed E-state index contributed by atoms with van der Waals surface area (Å²) in [5.74, 6) is -0.0750. The molecule has 0 aliphatic heterocycles. The third kappa shape index (κ3) is 19.8. The Hall–Kier alpha value is -0.570. The van der Waals surface area contributed by atoms with Crippen LogP contribution in [0.3, 0.4) is 0 Å². The SMILES string of the molecule is CCCCCCCCCCCCCCCCC(C)(C)CCC(=O)OC.N. The van der Waals surface area contributed by atoms with Gasteiger partial charge in [-0.15, -0.1) is 0 Å². The Balaban J connectivity index is 0.